The molecule has 0 saturated heterocycles. The first-order chi connectivity index (χ1) is 7.28. The Balaban J connectivity index is 2.39. The van der Waals surface area contributed by atoms with Crippen LogP contribution < -0.4 is 10.1 Å². The highest BCUT2D eigenvalue weighted by Gasteiger charge is 2.33. The lowest BCUT2D eigenvalue weighted by Crippen LogP contribution is -2.41. The minimum Gasteiger partial charge on any atom is -0.489 e. The number of benzene rings is 1. The van der Waals surface area contributed by atoms with Crippen molar-refractivity contribution in [2.24, 2.45) is 0 Å². The topological polar surface area (TPSA) is 21.3 Å². The molecular formula is C11H12F3NO. The van der Waals surface area contributed by atoms with E-state index in [0.29, 0.717) is 18.0 Å². The molecule has 0 unspecified atom stereocenters. The van der Waals surface area contributed by atoms with E-state index in [2.05, 4.69) is 5.32 Å². The molecule has 1 heterocycles. The van der Waals surface area contributed by atoms with E-state index < -0.39 is 11.7 Å². The number of alkyl halides is 3. The summed E-state index contributed by atoms with van der Waals surface area (Å²) >= 11 is 0. The van der Waals surface area contributed by atoms with Crippen molar-refractivity contribution in [2.45, 2.75) is 25.6 Å². The molecule has 1 aromatic carbocycles. The van der Waals surface area contributed by atoms with Crippen molar-refractivity contribution in [1.29, 1.82) is 0 Å². The highest BCUT2D eigenvalue weighted by atomic mass is 19.4. The Morgan fingerprint density at radius 2 is 2.00 bits per heavy atom. The van der Waals surface area contributed by atoms with Crippen molar-refractivity contribution >= 4 is 5.69 Å². The summed E-state index contributed by atoms with van der Waals surface area (Å²) < 4.78 is 42.8. The van der Waals surface area contributed by atoms with Gasteiger partial charge in [0.05, 0.1) is 16.8 Å². The van der Waals surface area contributed by atoms with Crippen molar-refractivity contribution in [3.05, 3.63) is 23.8 Å². The summed E-state index contributed by atoms with van der Waals surface area (Å²) in [5.41, 5.74) is -0.622. The third-order valence-electron chi connectivity index (χ3n) is 2.37. The summed E-state index contributed by atoms with van der Waals surface area (Å²) in [6.07, 6.45) is -4.32. The lowest BCUT2D eigenvalue weighted by Gasteiger charge is -2.33. The SMILES string of the molecule is CC1(C)COc2ccc(C(F)(F)F)cc2N1. The van der Waals surface area contributed by atoms with Crippen LogP contribution in [-0.4, -0.2) is 12.1 Å². The molecule has 1 aliphatic heterocycles. The normalized spacial score (nSPS) is 18.3. The quantitative estimate of drug-likeness (QED) is 0.739. The van der Waals surface area contributed by atoms with Crippen LogP contribution in [0.5, 0.6) is 5.75 Å². The van der Waals surface area contributed by atoms with Crippen LogP contribution in [0, 0.1) is 0 Å². The number of halogens is 3. The molecule has 1 aromatic rings. The minimum absolute atomic E-state index is 0.350. The van der Waals surface area contributed by atoms with Crippen molar-refractivity contribution in [2.75, 3.05) is 11.9 Å². The molecule has 1 aliphatic rings. The number of hydrogen-bond donors (Lipinski definition) is 1. The molecule has 5 heteroatoms. The van der Waals surface area contributed by atoms with Crippen LogP contribution in [0.2, 0.25) is 0 Å². The van der Waals surface area contributed by atoms with Crippen LogP contribution in [0.4, 0.5) is 18.9 Å². The van der Waals surface area contributed by atoms with Gasteiger partial charge in [-0.3, -0.25) is 0 Å². The summed E-state index contributed by atoms with van der Waals surface area (Å²) in [5.74, 6) is 0.465. The summed E-state index contributed by atoms with van der Waals surface area (Å²) in [6.45, 7) is 4.18. The van der Waals surface area contributed by atoms with Gasteiger partial charge in [-0.1, -0.05) is 0 Å². The molecule has 16 heavy (non-hydrogen) atoms. The van der Waals surface area contributed by atoms with Crippen LogP contribution in [0.25, 0.3) is 0 Å². The first kappa shape index (κ1) is 11.1. The second kappa shape index (κ2) is 3.30. The standard InChI is InChI=1S/C11H12F3NO/c1-10(2)6-16-9-4-3-7(11(12,13)14)5-8(9)15-10/h3-5,15H,6H2,1-2H3. The van der Waals surface area contributed by atoms with Gasteiger partial charge in [0.25, 0.3) is 0 Å². The summed E-state index contributed by atoms with van der Waals surface area (Å²) in [4.78, 5) is 0. The number of nitrogens with one attached hydrogen (secondary N) is 1. The summed E-state index contributed by atoms with van der Waals surface area (Å²) in [5, 5.41) is 3.02. The van der Waals surface area contributed by atoms with Crippen LogP contribution in [0.3, 0.4) is 0 Å². The minimum atomic E-state index is -4.32. The molecule has 0 saturated carbocycles. The van der Waals surface area contributed by atoms with Gasteiger partial charge in [0.2, 0.25) is 0 Å². The molecule has 0 atom stereocenters. The van der Waals surface area contributed by atoms with Gasteiger partial charge in [0, 0.05) is 0 Å². The summed E-state index contributed by atoms with van der Waals surface area (Å²) in [7, 11) is 0. The van der Waals surface area contributed by atoms with E-state index in [1.165, 1.54) is 6.07 Å². The Hall–Kier alpha value is -1.39. The highest BCUT2D eigenvalue weighted by Crippen LogP contribution is 2.38. The van der Waals surface area contributed by atoms with Crippen molar-refractivity contribution in [1.82, 2.24) is 0 Å². The smallest absolute Gasteiger partial charge is 0.416 e. The van der Waals surface area contributed by atoms with E-state index in [0.717, 1.165) is 12.1 Å². The Morgan fingerprint density at radius 1 is 1.31 bits per heavy atom. The molecule has 0 spiro atoms. The number of anilines is 1. The number of hydrogen-bond acceptors (Lipinski definition) is 2. The van der Waals surface area contributed by atoms with E-state index in [9.17, 15) is 13.2 Å². The third-order valence-corrected chi connectivity index (χ3v) is 2.37. The maximum atomic E-state index is 12.5. The fourth-order valence-corrected chi connectivity index (χ4v) is 1.59. The molecule has 1 N–H and O–H groups in total. The Labute approximate surface area is 91.4 Å². The monoisotopic (exact) mass is 231 g/mol. The predicted molar refractivity (Wildman–Crippen MR) is 54.6 cm³/mol. The maximum Gasteiger partial charge on any atom is 0.416 e. The molecular weight excluding hydrogens is 219 g/mol. The van der Waals surface area contributed by atoms with Gasteiger partial charge in [0.1, 0.15) is 12.4 Å². The first-order valence-corrected chi connectivity index (χ1v) is 4.90. The molecule has 0 bridgehead atoms. The second-order valence-corrected chi connectivity index (χ2v) is 4.51. The van der Waals surface area contributed by atoms with Crippen molar-refractivity contribution in [3.8, 4) is 5.75 Å². The zero-order chi connectivity index (χ0) is 12.0. The summed E-state index contributed by atoms with van der Waals surface area (Å²) in [6, 6.07) is 3.45. The van der Waals surface area contributed by atoms with Crippen LogP contribution in [0.15, 0.2) is 18.2 Å². The van der Waals surface area contributed by atoms with Gasteiger partial charge in [-0.15, -0.1) is 0 Å². The zero-order valence-corrected chi connectivity index (χ0v) is 8.98. The van der Waals surface area contributed by atoms with Gasteiger partial charge < -0.3 is 10.1 Å². The molecule has 2 rings (SSSR count). The molecule has 0 amide bonds. The molecule has 0 aromatic heterocycles. The molecule has 0 fully saturated rings. The molecule has 0 radical (unpaired) electrons. The maximum absolute atomic E-state index is 12.5. The predicted octanol–water partition coefficient (Wildman–Crippen LogP) is 3.29. The first-order valence-electron chi connectivity index (χ1n) is 4.90. The lowest BCUT2D eigenvalue weighted by atomic mass is 10.0. The largest absolute Gasteiger partial charge is 0.489 e. The van der Waals surface area contributed by atoms with E-state index in [1.807, 2.05) is 13.8 Å². The number of fused-ring (bicyclic) bond motifs is 1. The van der Waals surface area contributed by atoms with E-state index in [-0.39, 0.29) is 5.54 Å². The van der Waals surface area contributed by atoms with E-state index in [4.69, 9.17) is 4.74 Å². The van der Waals surface area contributed by atoms with E-state index >= 15 is 0 Å². The van der Waals surface area contributed by atoms with Gasteiger partial charge >= 0.3 is 6.18 Å². The average Bonchev–Trinajstić information content (AvgIpc) is 2.13. The van der Waals surface area contributed by atoms with E-state index in [1.54, 1.807) is 0 Å². The van der Waals surface area contributed by atoms with Crippen molar-refractivity contribution in [3.63, 3.8) is 0 Å². The molecule has 88 valence electrons. The van der Waals surface area contributed by atoms with Crippen LogP contribution in [0.1, 0.15) is 19.4 Å². The zero-order valence-electron chi connectivity index (χ0n) is 8.98. The van der Waals surface area contributed by atoms with Gasteiger partial charge in [0.15, 0.2) is 0 Å². The van der Waals surface area contributed by atoms with Gasteiger partial charge in [-0.2, -0.15) is 13.2 Å². The fourth-order valence-electron chi connectivity index (χ4n) is 1.59. The number of rotatable bonds is 0. The lowest BCUT2D eigenvalue weighted by molar-refractivity contribution is -0.137. The van der Waals surface area contributed by atoms with Crippen molar-refractivity contribution < 1.29 is 17.9 Å². The van der Waals surface area contributed by atoms with Gasteiger partial charge in [-0.25, -0.2) is 0 Å². The highest BCUT2D eigenvalue weighted by molar-refractivity contribution is 5.61. The second-order valence-electron chi connectivity index (χ2n) is 4.51. The average molecular weight is 231 g/mol. The Bertz CT molecular complexity index is 412. The van der Waals surface area contributed by atoms with Crippen LogP contribution >= 0.6 is 0 Å². The Kier molecular flexibility index (Phi) is 2.29. The molecule has 0 aliphatic carbocycles. The third kappa shape index (κ3) is 2.08. The molecule has 2 nitrogen and oxygen atoms in total. The van der Waals surface area contributed by atoms with Crippen LogP contribution in [-0.2, 0) is 6.18 Å². The van der Waals surface area contributed by atoms with Gasteiger partial charge in [-0.05, 0) is 32.0 Å². The Morgan fingerprint density at radius 3 is 2.62 bits per heavy atom. The number of ether oxygens (including phenoxy) is 1. The fraction of sp³-hybridized carbons (Fsp3) is 0.455.